The molecule has 1 rings (SSSR count). The van der Waals surface area contributed by atoms with Gasteiger partial charge in [0, 0.05) is 6.04 Å². The van der Waals surface area contributed by atoms with Gasteiger partial charge in [-0.15, -0.1) is 37.2 Å². The lowest BCUT2D eigenvalue weighted by atomic mass is 10.7. The quantitative estimate of drug-likeness (QED) is 0.657. The van der Waals surface area contributed by atoms with Gasteiger partial charge in [0.1, 0.15) is 0 Å². The molecule has 0 aromatic heterocycles. The average molecular weight is 194 g/mol. The van der Waals surface area contributed by atoms with E-state index < -0.39 is 0 Å². The second-order valence-corrected chi connectivity index (χ2v) is 1.56. The van der Waals surface area contributed by atoms with Crippen molar-refractivity contribution < 1.29 is 4.79 Å². The molecule has 58 valence electrons. The molecule has 1 amide bonds. The molecule has 9 heavy (non-hydrogen) atoms. The van der Waals surface area contributed by atoms with Gasteiger partial charge in [0.05, 0.1) is 0 Å². The molecule has 0 unspecified atom stereocenters. The standard InChI is InChI=1S/C4H7NO.3ClH/c6-3-5-4-1-2-4;;;/h3-4H,1-2H2,(H,5,6);3*1H. The molecule has 1 aliphatic rings. The predicted molar refractivity (Wildman–Crippen MR) is 44.0 cm³/mol. The van der Waals surface area contributed by atoms with Crippen LogP contribution in [-0.2, 0) is 4.79 Å². The second kappa shape index (κ2) is 8.34. The molecule has 0 aromatic rings. The maximum Gasteiger partial charge on any atom is 0.207 e. The van der Waals surface area contributed by atoms with Gasteiger partial charge < -0.3 is 5.32 Å². The number of carbonyl (C=O) groups excluding carboxylic acids is 1. The van der Waals surface area contributed by atoms with Crippen LogP contribution in [0.2, 0.25) is 0 Å². The normalized spacial score (nSPS) is 13.3. The van der Waals surface area contributed by atoms with E-state index in [1.807, 2.05) is 0 Å². The van der Waals surface area contributed by atoms with Gasteiger partial charge in [-0.25, -0.2) is 0 Å². The maximum absolute atomic E-state index is 9.54. The van der Waals surface area contributed by atoms with Crippen molar-refractivity contribution in [1.82, 2.24) is 5.32 Å². The van der Waals surface area contributed by atoms with Crippen LogP contribution in [0.5, 0.6) is 0 Å². The Balaban J connectivity index is -0.000000120. The monoisotopic (exact) mass is 193 g/mol. The first kappa shape index (κ1) is 16.2. The molecule has 0 aliphatic heterocycles. The van der Waals surface area contributed by atoms with Crippen LogP contribution in [0, 0.1) is 0 Å². The Morgan fingerprint density at radius 3 is 1.78 bits per heavy atom. The number of halogens is 3. The lowest BCUT2D eigenvalue weighted by Crippen LogP contribution is -2.11. The van der Waals surface area contributed by atoms with Crippen molar-refractivity contribution in [2.45, 2.75) is 18.9 Å². The smallest absolute Gasteiger partial charge is 0.207 e. The van der Waals surface area contributed by atoms with E-state index >= 15 is 0 Å². The lowest BCUT2D eigenvalue weighted by molar-refractivity contribution is -0.109. The van der Waals surface area contributed by atoms with Crippen LogP contribution in [0.4, 0.5) is 0 Å². The summed E-state index contributed by atoms with van der Waals surface area (Å²) >= 11 is 0. The van der Waals surface area contributed by atoms with Crippen molar-refractivity contribution >= 4 is 43.6 Å². The van der Waals surface area contributed by atoms with Crippen LogP contribution < -0.4 is 5.32 Å². The molecule has 0 atom stereocenters. The fourth-order valence-corrected chi connectivity index (χ4v) is 0.346. The van der Waals surface area contributed by atoms with Gasteiger partial charge in [-0.1, -0.05) is 0 Å². The van der Waals surface area contributed by atoms with Gasteiger partial charge in [0.2, 0.25) is 6.41 Å². The number of nitrogens with one attached hydrogen (secondary N) is 1. The molecule has 0 heterocycles. The summed E-state index contributed by atoms with van der Waals surface area (Å²) in [5.41, 5.74) is 0. The van der Waals surface area contributed by atoms with E-state index in [1.54, 1.807) is 0 Å². The molecule has 0 radical (unpaired) electrons. The van der Waals surface area contributed by atoms with Crippen molar-refractivity contribution in [3.8, 4) is 0 Å². The van der Waals surface area contributed by atoms with E-state index in [0.29, 0.717) is 6.04 Å². The summed E-state index contributed by atoms with van der Waals surface area (Å²) in [6, 6.07) is 0.530. The number of hydrogen-bond acceptors (Lipinski definition) is 1. The Bertz CT molecular complexity index is 66.8. The molecule has 2 nitrogen and oxygen atoms in total. The molecule has 0 saturated heterocycles. The highest BCUT2D eigenvalue weighted by atomic mass is 35.5. The summed E-state index contributed by atoms with van der Waals surface area (Å²) in [5, 5.41) is 2.64. The molecule has 1 fully saturated rings. The summed E-state index contributed by atoms with van der Waals surface area (Å²) in [6.45, 7) is 0. The third kappa shape index (κ3) is 8.34. The average Bonchev–Trinajstić information content (AvgIpc) is 2.21. The van der Waals surface area contributed by atoms with E-state index in [0.717, 1.165) is 6.41 Å². The third-order valence-corrected chi connectivity index (χ3v) is 0.881. The van der Waals surface area contributed by atoms with Crippen LogP contribution in [0.25, 0.3) is 0 Å². The summed E-state index contributed by atoms with van der Waals surface area (Å²) in [4.78, 5) is 9.54. The topological polar surface area (TPSA) is 29.1 Å². The largest absolute Gasteiger partial charge is 0.356 e. The van der Waals surface area contributed by atoms with E-state index in [2.05, 4.69) is 5.32 Å². The summed E-state index contributed by atoms with van der Waals surface area (Å²) in [6.07, 6.45) is 3.12. The number of carbonyl (C=O) groups is 1. The van der Waals surface area contributed by atoms with Gasteiger partial charge in [0.15, 0.2) is 0 Å². The van der Waals surface area contributed by atoms with E-state index in [-0.39, 0.29) is 37.2 Å². The van der Waals surface area contributed by atoms with Crippen molar-refractivity contribution in [2.75, 3.05) is 0 Å². The highest BCUT2D eigenvalue weighted by molar-refractivity contribution is 5.86. The zero-order valence-corrected chi connectivity index (χ0v) is 7.15. The number of rotatable bonds is 2. The minimum atomic E-state index is 0. The first-order valence-electron chi connectivity index (χ1n) is 2.13. The first-order chi connectivity index (χ1) is 2.93. The highest BCUT2D eigenvalue weighted by Gasteiger charge is 2.18. The Morgan fingerprint density at radius 1 is 1.22 bits per heavy atom. The first-order valence-corrected chi connectivity index (χ1v) is 2.13. The van der Waals surface area contributed by atoms with E-state index in [9.17, 15) is 4.79 Å². The molecule has 0 aromatic carbocycles. The van der Waals surface area contributed by atoms with Gasteiger partial charge in [-0.2, -0.15) is 0 Å². The second-order valence-electron chi connectivity index (χ2n) is 1.56. The fraction of sp³-hybridized carbons (Fsp3) is 0.750. The fourth-order valence-electron chi connectivity index (χ4n) is 0.346. The Morgan fingerprint density at radius 2 is 1.67 bits per heavy atom. The van der Waals surface area contributed by atoms with E-state index in [1.165, 1.54) is 12.8 Å². The summed E-state index contributed by atoms with van der Waals surface area (Å²) in [5.74, 6) is 0. The molecular weight excluding hydrogens is 184 g/mol. The lowest BCUT2D eigenvalue weighted by Gasteiger charge is -1.82. The summed E-state index contributed by atoms with van der Waals surface area (Å²) in [7, 11) is 0. The zero-order chi connectivity index (χ0) is 4.41. The molecule has 1 aliphatic carbocycles. The molecule has 1 saturated carbocycles. The van der Waals surface area contributed by atoms with Crippen molar-refractivity contribution in [2.24, 2.45) is 0 Å². The van der Waals surface area contributed by atoms with Gasteiger partial charge in [-0.05, 0) is 12.8 Å². The SMILES string of the molecule is Cl.Cl.Cl.O=CNC1CC1. The van der Waals surface area contributed by atoms with E-state index in [4.69, 9.17) is 0 Å². The predicted octanol–water partition coefficient (Wildman–Crippen LogP) is 1.16. The van der Waals surface area contributed by atoms with Crippen LogP contribution in [-0.4, -0.2) is 12.5 Å². The van der Waals surface area contributed by atoms with Crippen molar-refractivity contribution in [1.29, 1.82) is 0 Å². The van der Waals surface area contributed by atoms with Crippen molar-refractivity contribution in [3.63, 3.8) is 0 Å². The van der Waals surface area contributed by atoms with Gasteiger partial charge in [0.25, 0.3) is 0 Å². The van der Waals surface area contributed by atoms with Gasteiger partial charge >= 0.3 is 0 Å². The Kier molecular flexibility index (Phi) is 15.0. The van der Waals surface area contributed by atoms with Crippen LogP contribution in [0.1, 0.15) is 12.8 Å². The highest BCUT2D eigenvalue weighted by Crippen LogP contribution is 2.17. The van der Waals surface area contributed by atoms with Gasteiger partial charge in [-0.3, -0.25) is 4.79 Å². The molecule has 0 bridgehead atoms. The minimum Gasteiger partial charge on any atom is -0.356 e. The number of amides is 1. The third-order valence-electron chi connectivity index (χ3n) is 0.881. The van der Waals surface area contributed by atoms with Crippen molar-refractivity contribution in [3.05, 3.63) is 0 Å². The number of hydrogen-bond donors (Lipinski definition) is 1. The van der Waals surface area contributed by atoms with Crippen LogP contribution in [0.3, 0.4) is 0 Å². The Hall–Kier alpha value is 0.340. The molecule has 1 N–H and O–H groups in total. The molecule has 5 heteroatoms. The molecule has 0 spiro atoms. The van der Waals surface area contributed by atoms with Crippen LogP contribution in [0.15, 0.2) is 0 Å². The van der Waals surface area contributed by atoms with Crippen LogP contribution >= 0.6 is 37.2 Å². The maximum atomic E-state index is 9.54. The minimum absolute atomic E-state index is 0. The zero-order valence-electron chi connectivity index (χ0n) is 4.70. The molecular formula is C4H10Cl3NO. The summed E-state index contributed by atoms with van der Waals surface area (Å²) < 4.78 is 0. The Labute approximate surface area is 73.0 Å².